The summed E-state index contributed by atoms with van der Waals surface area (Å²) in [4.78, 5) is 12.6. The van der Waals surface area contributed by atoms with Crippen LogP contribution in [0.3, 0.4) is 0 Å². The minimum atomic E-state index is -0.777. The molecule has 2 aliphatic carbocycles. The standard InChI is InChI=1S/C20H28O4/c1-13-11-15-16-18(2,17(21)24-15)7-4-8-19(16,3)20(13,22)9-5-14-6-10-23-12-14/h6,10,12-13,15-16,22H,4-5,7-9,11H2,1-3H3/t13-,15-,16?,18+,19-,20?/m1/s1. The molecular formula is C20H28O4. The van der Waals surface area contributed by atoms with Crippen LogP contribution in [0.2, 0.25) is 0 Å². The topological polar surface area (TPSA) is 59.7 Å². The Labute approximate surface area is 143 Å². The lowest BCUT2D eigenvalue weighted by atomic mass is 9.44. The third-order valence-electron chi connectivity index (χ3n) is 7.63. The smallest absolute Gasteiger partial charge is 0.312 e. The first kappa shape index (κ1) is 16.2. The Bertz CT molecular complexity index is 638. The average Bonchev–Trinajstić information content (AvgIpc) is 3.12. The van der Waals surface area contributed by atoms with E-state index in [2.05, 4.69) is 20.8 Å². The van der Waals surface area contributed by atoms with E-state index in [1.807, 2.05) is 6.07 Å². The molecule has 24 heavy (non-hydrogen) atoms. The zero-order valence-corrected chi connectivity index (χ0v) is 14.9. The molecule has 0 bridgehead atoms. The summed E-state index contributed by atoms with van der Waals surface area (Å²) >= 11 is 0. The maximum absolute atomic E-state index is 12.6. The molecule has 132 valence electrons. The summed E-state index contributed by atoms with van der Waals surface area (Å²) in [7, 11) is 0. The largest absolute Gasteiger partial charge is 0.472 e. The molecule has 4 heteroatoms. The van der Waals surface area contributed by atoms with Gasteiger partial charge in [-0.2, -0.15) is 0 Å². The second-order valence-electron chi connectivity index (χ2n) is 8.80. The predicted octanol–water partition coefficient (Wildman–Crippen LogP) is 3.72. The van der Waals surface area contributed by atoms with E-state index >= 15 is 0 Å². The van der Waals surface area contributed by atoms with Crippen molar-refractivity contribution in [3.8, 4) is 0 Å². The van der Waals surface area contributed by atoms with Crippen LogP contribution in [0.1, 0.15) is 58.4 Å². The zero-order chi connectivity index (χ0) is 17.2. The summed E-state index contributed by atoms with van der Waals surface area (Å²) in [5.74, 6) is 0.190. The van der Waals surface area contributed by atoms with E-state index in [0.717, 1.165) is 37.7 Å². The lowest BCUT2D eigenvalue weighted by Crippen LogP contribution is -2.65. The highest BCUT2D eigenvalue weighted by Gasteiger charge is 2.70. The minimum Gasteiger partial charge on any atom is -0.472 e. The van der Waals surface area contributed by atoms with Gasteiger partial charge in [-0.1, -0.05) is 20.3 Å². The fourth-order valence-corrected chi connectivity index (χ4v) is 6.30. The van der Waals surface area contributed by atoms with E-state index in [9.17, 15) is 9.90 Å². The highest BCUT2D eigenvalue weighted by atomic mass is 16.6. The molecule has 1 aromatic heterocycles. The first-order chi connectivity index (χ1) is 11.3. The molecule has 1 N–H and O–H groups in total. The van der Waals surface area contributed by atoms with Gasteiger partial charge in [-0.05, 0) is 56.6 Å². The number of carbonyl (C=O) groups is 1. The maximum Gasteiger partial charge on any atom is 0.312 e. The Morgan fingerprint density at radius 1 is 1.33 bits per heavy atom. The molecule has 1 saturated heterocycles. The van der Waals surface area contributed by atoms with Gasteiger partial charge in [0.25, 0.3) is 0 Å². The monoisotopic (exact) mass is 332 g/mol. The van der Waals surface area contributed by atoms with Crippen LogP contribution in [-0.4, -0.2) is 22.8 Å². The Balaban J connectivity index is 1.70. The van der Waals surface area contributed by atoms with Gasteiger partial charge in [0.1, 0.15) is 6.10 Å². The Morgan fingerprint density at radius 3 is 2.83 bits per heavy atom. The lowest BCUT2D eigenvalue weighted by molar-refractivity contribution is -0.217. The van der Waals surface area contributed by atoms with E-state index in [1.54, 1.807) is 12.5 Å². The molecule has 6 atom stereocenters. The summed E-state index contributed by atoms with van der Waals surface area (Å²) in [5, 5.41) is 11.9. The molecule has 4 nitrogen and oxygen atoms in total. The van der Waals surface area contributed by atoms with Crippen molar-refractivity contribution in [3.05, 3.63) is 24.2 Å². The van der Waals surface area contributed by atoms with Crippen molar-refractivity contribution in [3.63, 3.8) is 0 Å². The fraction of sp³-hybridized carbons (Fsp3) is 0.750. The van der Waals surface area contributed by atoms with Crippen LogP contribution in [0, 0.1) is 22.7 Å². The normalized spacial score (nSPS) is 47.3. The van der Waals surface area contributed by atoms with Crippen LogP contribution >= 0.6 is 0 Å². The molecule has 0 amide bonds. The molecule has 0 aromatic carbocycles. The number of aliphatic hydroxyl groups is 1. The Kier molecular flexibility index (Phi) is 3.44. The number of aryl methyl sites for hydroxylation is 1. The van der Waals surface area contributed by atoms with Crippen LogP contribution in [0.5, 0.6) is 0 Å². The van der Waals surface area contributed by atoms with E-state index in [4.69, 9.17) is 9.15 Å². The summed E-state index contributed by atoms with van der Waals surface area (Å²) in [6, 6.07) is 1.97. The van der Waals surface area contributed by atoms with Crippen molar-refractivity contribution in [2.45, 2.75) is 71.0 Å². The van der Waals surface area contributed by atoms with Crippen molar-refractivity contribution < 1.29 is 19.1 Å². The second kappa shape index (κ2) is 5.10. The van der Waals surface area contributed by atoms with Crippen LogP contribution < -0.4 is 0 Å². The molecule has 1 aliphatic heterocycles. The van der Waals surface area contributed by atoms with Gasteiger partial charge in [0.15, 0.2) is 0 Å². The van der Waals surface area contributed by atoms with Crippen molar-refractivity contribution >= 4 is 5.97 Å². The molecular weight excluding hydrogens is 304 g/mol. The van der Waals surface area contributed by atoms with Crippen molar-refractivity contribution in [2.24, 2.45) is 22.7 Å². The van der Waals surface area contributed by atoms with E-state index in [1.165, 1.54) is 0 Å². The number of ether oxygens (including phenoxy) is 1. The third kappa shape index (κ3) is 1.92. The highest BCUT2D eigenvalue weighted by Crippen LogP contribution is 2.67. The van der Waals surface area contributed by atoms with Crippen LogP contribution in [0.25, 0.3) is 0 Å². The van der Waals surface area contributed by atoms with Gasteiger partial charge in [-0.3, -0.25) is 4.79 Å². The SMILES string of the molecule is C[C@@H]1C[C@H]2OC(=O)[C@@]3(C)CCC[C@](C)(C23)C1(O)CCc1ccoc1. The van der Waals surface area contributed by atoms with Gasteiger partial charge in [0, 0.05) is 11.3 Å². The Morgan fingerprint density at radius 2 is 2.12 bits per heavy atom. The molecule has 0 radical (unpaired) electrons. The van der Waals surface area contributed by atoms with Crippen LogP contribution in [0.15, 0.2) is 23.0 Å². The molecule has 0 spiro atoms. The third-order valence-corrected chi connectivity index (χ3v) is 7.63. The molecule has 3 aliphatic rings. The molecule has 2 saturated carbocycles. The van der Waals surface area contributed by atoms with E-state index in [-0.39, 0.29) is 29.3 Å². The van der Waals surface area contributed by atoms with Gasteiger partial charge in [0.05, 0.1) is 23.5 Å². The van der Waals surface area contributed by atoms with Gasteiger partial charge >= 0.3 is 5.97 Å². The number of rotatable bonds is 3. The van der Waals surface area contributed by atoms with E-state index in [0.29, 0.717) is 6.42 Å². The number of esters is 1. The first-order valence-corrected chi connectivity index (χ1v) is 9.26. The average molecular weight is 332 g/mol. The van der Waals surface area contributed by atoms with Crippen LogP contribution in [-0.2, 0) is 16.0 Å². The number of hydrogen-bond donors (Lipinski definition) is 1. The Hall–Kier alpha value is -1.29. The van der Waals surface area contributed by atoms with Crippen molar-refractivity contribution in [2.75, 3.05) is 0 Å². The van der Waals surface area contributed by atoms with Gasteiger partial charge in [-0.25, -0.2) is 0 Å². The molecule has 1 aromatic rings. The molecule has 3 fully saturated rings. The summed E-state index contributed by atoms with van der Waals surface area (Å²) in [5.41, 5.74) is -0.362. The van der Waals surface area contributed by atoms with Crippen molar-refractivity contribution in [1.82, 2.24) is 0 Å². The molecule has 4 rings (SSSR count). The second-order valence-corrected chi connectivity index (χ2v) is 8.80. The number of carbonyl (C=O) groups excluding carboxylic acids is 1. The van der Waals surface area contributed by atoms with Gasteiger partial charge in [0.2, 0.25) is 0 Å². The van der Waals surface area contributed by atoms with Gasteiger partial charge < -0.3 is 14.3 Å². The first-order valence-electron chi connectivity index (χ1n) is 9.26. The van der Waals surface area contributed by atoms with Gasteiger partial charge in [-0.15, -0.1) is 0 Å². The molecule has 2 heterocycles. The molecule has 2 unspecified atom stereocenters. The summed E-state index contributed by atoms with van der Waals surface area (Å²) < 4.78 is 11.0. The van der Waals surface area contributed by atoms with Crippen molar-refractivity contribution in [1.29, 1.82) is 0 Å². The quantitative estimate of drug-likeness (QED) is 0.857. The number of hydrogen-bond acceptors (Lipinski definition) is 4. The van der Waals surface area contributed by atoms with Crippen LogP contribution in [0.4, 0.5) is 0 Å². The lowest BCUT2D eigenvalue weighted by Gasteiger charge is -2.61. The number of furan rings is 1. The predicted molar refractivity (Wildman–Crippen MR) is 89.2 cm³/mol. The highest BCUT2D eigenvalue weighted by molar-refractivity contribution is 5.80. The summed E-state index contributed by atoms with van der Waals surface area (Å²) in [6.45, 7) is 6.38. The zero-order valence-electron chi connectivity index (χ0n) is 14.9. The summed E-state index contributed by atoms with van der Waals surface area (Å²) in [6.07, 6.45) is 8.51. The maximum atomic E-state index is 12.6. The van der Waals surface area contributed by atoms with E-state index < -0.39 is 11.0 Å². The minimum absolute atomic E-state index is 0.0306. The fourth-order valence-electron chi connectivity index (χ4n) is 6.30.